The van der Waals surface area contributed by atoms with Gasteiger partial charge in [-0.1, -0.05) is 11.6 Å². The summed E-state index contributed by atoms with van der Waals surface area (Å²) in [6, 6.07) is 0. The highest BCUT2D eigenvalue weighted by Crippen LogP contribution is 2.33. The molecule has 0 fully saturated rings. The number of allylic oxidation sites excluding steroid dienone is 2. The molecule has 0 heterocycles. The highest BCUT2D eigenvalue weighted by atomic mass is 16.1. The minimum Gasteiger partial charge on any atom is -0.361 e. The first-order valence-corrected chi connectivity index (χ1v) is 5.00. The van der Waals surface area contributed by atoms with Crippen LogP contribution in [0.3, 0.4) is 0 Å². The number of rotatable bonds is 3. The molecule has 0 bridgehead atoms. The lowest BCUT2D eigenvalue weighted by atomic mass is 9.76. The SMILES string of the molecule is CC(C)(C(=O)C=[N+]=[N-])C1=CCCCC1. The molecular weight excluding hydrogens is 176 g/mol. The van der Waals surface area contributed by atoms with Gasteiger partial charge in [0.05, 0.1) is 5.41 Å². The van der Waals surface area contributed by atoms with Crippen molar-refractivity contribution in [3.63, 3.8) is 0 Å². The number of carbonyl (C=O) groups is 1. The fraction of sp³-hybridized carbons (Fsp3) is 0.636. The van der Waals surface area contributed by atoms with Crippen molar-refractivity contribution in [3.05, 3.63) is 17.2 Å². The van der Waals surface area contributed by atoms with Gasteiger partial charge in [0.1, 0.15) is 0 Å². The van der Waals surface area contributed by atoms with Gasteiger partial charge in [-0.05, 0) is 39.5 Å². The zero-order chi connectivity index (χ0) is 10.6. The van der Waals surface area contributed by atoms with Gasteiger partial charge in [-0.15, -0.1) is 0 Å². The molecule has 0 saturated carbocycles. The van der Waals surface area contributed by atoms with Crippen LogP contribution in [0.5, 0.6) is 0 Å². The Balaban J connectivity index is 2.87. The summed E-state index contributed by atoms with van der Waals surface area (Å²) in [6.45, 7) is 3.77. The lowest BCUT2D eigenvalue weighted by Gasteiger charge is -2.26. The summed E-state index contributed by atoms with van der Waals surface area (Å²) in [7, 11) is 0. The van der Waals surface area contributed by atoms with Gasteiger partial charge in [-0.25, -0.2) is 0 Å². The summed E-state index contributed by atoms with van der Waals surface area (Å²) in [5.41, 5.74) is 8.99. The normalized spacial score (nSPS) is 16.9. The van der Waals surface area contributed by atoms with E-state index in [9.17, 15) is 4.79 Å². The van der Waals surface area contributed by atoms with Gasteiger partial charge in [0.25, 0.3) is 0 Å². The van der Waals surface area contributed by atoms with Gasteiger partial charge >= 0.3 is 6.21 Å². The summed E-state index contributed by atoms with van der Waals surface area (Å²) in [5.74, 6) is -0.131. The Morgan fingerprint density at radius 2 is 2.29 bits per heavy atom. The number of hydrogen-bond acceptors (Lipinski definition) is 1. The van der Waals surface area contributed by atoms with E-state index in [1.165, 1.54) is 12.0 Å². The molecule has 0 atom stereocenters. The first-order chi connectivity index (χ1) is 6.59. The van der Waals surface area contributed by atoms with Gasteiger partial charge in [0.2, 0.25) is 5.78 Å². The van der Waals surface area contributed by atoms with Crippen molar-refractivity contribution in [2.45, 2.75) is 39.5 Å². The highest BCUT2D eigenvalue weighted by molar-refractivity contribution is 6.28. The number of carbonyl (C=O) groups excluding carboxylic acids is 1. The second-order valence-corrected chi connectivity index (χ2v) is 4.21. The first-order valence-electron chi connectivity index (χ1n) is 5.00. The molecule has 0 aromatic rings. The van der Waals surface area contributed by atoms with Crippen molar-refractivity contribution in [2.24, 2.45) is 5.41 Å². The van der Waals surface area contributed by atoms with E-state index in [-0.39, 0.29) is 5.78 Å². The molecule has 1 rings (SSSR count). The molecule has 3 nitrogen and oxygen atoms in total. The average Bonchev–Trinajstić information content (AvgIpc) is 2.19. The van der Waals surface area contributed by atoms with E-state index in [2.05, 4.69) is 10.9 Å². The molecule has 3 heteroatoms. The van der Waals surface area contributed by atoms with Crippen LogP contribution in [0.15, 0.2) is 11.6 Å². The second kappa shape index (κ2) is 4.34. The predicted octanol–water partition coefficient (Wildman–Crippen LogP) is 2.38. The lowest BCUT2D eigenvalue weighted by molar-refractivity contribution is -0.122. The van der Waals surface area contributed by atoms with E-state index < -0.39 is 5.41 Å². The van der Waals surface area contributed by atoms with Crippen LogP contribution < -0.4 is 0 Å². The van der Waals surface area contributed by atoms with Gasteiger partial charge in [-0.2, -0.15) is 4.79 Å². The number of ketones is 1. The molecule has 0 aromatic carbocycles. The van der Waals surface area contributed by atoms with Gasteiger partial charge in [0, 0.05) is 0 Å². The third-order valence-electron chi connectivity index (χ3n) is 2.88. The van der Waals surface area contributed by atoms with Crippen LogP contribution in [0.4, 0.5) is 0 Å². The summed E-state index contributed by atoms with van der Waals surface area (Å²) in [5, 5.41) is 0. The summed E-state index contributed by atoms with van der Waals surface area (Å²) < 4.78 is 0. The molecule has 1 aliphatic rings. The molecule has 0 spiro atoms. The van der Waals surface area contributed by atoms with Gasteiger partial charge in [0.15, 0.2) is 0 Å². The molecule has 0 saturated heterocycles. The fourth-order valence-electron chi connectivity index (χ4n) is 1.78. The van der Waals surface area contributed by atoms with Crippen LogP contribution in [0.1, 0.15) is 39.5 Å². The maximum Gasteiger partial charge on any atom is 0.324 e. The highest BCUT2D eigenvalue weighted by Gasteiger charge is 2.33. The van der Waals surface area contributed by atoms with Crippen LogP contribution in [-0.4, -0.2) is 16.8 Å². The molecule has 76 valence electrons. The maximum atomic E-state index is 11.6. The Kier molecular flexibility index (Phi) is 3.37. The zero-order valence-electron chi connectivity index (χ0n) is 8.79. The number of nitrogens with zero attached hydrogens (tertiary/aromatic N) is 2. The van der Waals surface area contributed by atoms with Crippen molar-refractivity contribution < 1.29 is 9.58 Å². The van der Waals surface area contributed by atoms with E-state index in [1.54, 1.807) is 0 Å². The number of hydrogen-bond donors (Lipinski definition) is 0. The standard InChI is InChI=1S/C11H16N2O/c1-11(2,10(14)8-13-12)9-6-4-3-5-7-9/h6,8H,3-5,7H2,1-2H3. The van der Waals surface area contributed by atoms with Crippen LogP contribution in [-0.2, 0) is 4.79 Å². The van der Waals surface area contributed by atoms with E-state index in [4.69, 9.17) is 5.53 Å². The minimum atomic E-state index is -0.507. The Labute approximate surface area is 84.4 Å². The van der Waals surface area contributed by atoms with Crippen molar-refractivity contribution in [3.8, 4) is 0 Å². The quantitative estimate of drug-likeness (QED) is 0.293. The summed E-state index contributed by atoms with van der Waals surface area (Å²) >= 11 is 0. The largest absolute Gasteiger partial charge is 0.361 e. The van der Waals surface area contributed by atoms with Crippen molar-refractivity contribution in [1.82, 2.24) is 0 Å². The lowest BCUT2D eigenvalue weighted by Crippen LogP contribution is -2.28. The Morgan fingerprint density at radius 3 is 2.79 bits per heavy atom. The summed E-state index contributed by atoms with van der Waals surface area (Å²) in [4.78, 5) is 14.4. The fourth-order valence-corrected chi connectivity index (χ4v) is 1.78. The number of Topliss-reactive ketones (excluding diaryl/α,β-unsaturated/α-hetero) is 1. The molecule has 0 N–H and O–H groups in total. The monoisotopic (exact) mass is 192 g/mol. The third-order valence-corrected chi connectivity index (χ3v) is 2.88. The van der Waals surface area contributed by atoms with Crippen molar-refractivity contribution in [2.75, 3.05) is 0 Å². The molecule has 0 radical (unpaired) electrons. The molecule has 0 amide bonds. The first kappa shape index (κ1) is 10.9. The Hall–Kier alpha value is -1.21. The van der Waals surface area contributed by atoms with Crippen LogP contribution in [0.2, 0.25) is 0 Å². The topological polar surface area (TPSA) is 53.5 Å². The molecule has 1 aliphatic carbocycles. The van der Waals surface area contributed by atoms with Crippen molar-refractivity contribution >= 4 is 12.0 Å². The smallest absolute Gasteiger partial charge is 0.324 e. The summed E-state index contributed by atoms with van der Waals surface area (Å²) in [6.07, 6.45) is 7.54. The third kappa shape index (κ3) is 2.18. The molecule has 0 unspecified atom stereocenters. The van der Waals surface area contributed by atoms with E-state index in [0.29, 0.717) is 0 Å². The van der Waals surface area contributed by atoms with E-state index in [1.807, 2.05) is 13.8 Å². The van der Waals surface area contributed by atoms with Gasteiger partial charge in [-0.3, -0.25) is 4.79 Å². The minimum absolute atomic E-state index is 0.131. The predicted molar refractivity (Wildman–Crippen MR) is 55.0 cm³/mol. The van der Waals surface area contributed by atoms with E-state index in [0.717, 1.165) is 25.5 Å². The zero-order valence-corrected chi connectivity index (χ0v) is 8.79. The molecule has 0 aliphatic heterocycles. The average molecular weight is 192 g/mol. The van der Waals surface area contributed by atoms with Gasteiger partial charge < -0.3 is 5.53 Å². The molecular formula is C11H16N2O. The Bertz CT molecular complexity index is 309. The maximum absolute atomic E-state index is 11.6. The van der Waals surface area contributed by atoms with Crippen LogP contribution in [0, 0.1) is 5.41 Å². The Morgan fingerprint density at radius 1 is 1.57 bits per heavy atom. The van der Waals surface area contributed by atoms with Crippen LogP contribution in [0.25, 0.3) is 5.53 Å². The van der Waals surface area contributed by atoms with Crippen LogP contribution >= 0.6 is 0 Å². The molecule has 0 aromatic heterocycles. The molecule has 14 heavy (non-hydrogen) atoms. The van der Waals surface area contributed by atoms with E-state index >= 15 is 0 Å². The van der Waals surface area contributed by atoms with Crippen molar-refractivity contribution in [1.29, 1.82) is 0 Å². The second-order valence-electron chi connectivity index (χ2n) is 4.21.